The molecule has 1 aliphatic rings. The van der Waals surface area contributed by atoms with Crippen LogP contribution >= 0.6 is 0 Å². The molecule has 21 heavy (non-hydrogen) atoms. The van der Waals surface area contributed by atoms with Crippen molar-refractivity contribution >= 4 is 17.6 Å². The molecule has 4 heteroatoms. The maximum atomic E-state index is 12.5. The van der Waals surface area contributed by atoms with Crippen molar-refractivity contribution in [1.82, 2.24) is 0 Å². The molecule has 1 fully saturated rings. The zero-order valence-corrected chi connectivity index (χ0v) is 12.8. The van der Waals surface area contributed by atoms with Gasteiger partial charge in [-0.3, -0.25) is 9.59 Å². The normalized spacial score (nSPS) is 24.8. The lowest BCUT2D eigenvalue weighted by Crippen LogP contribution is -2.30. The molecule has 0 spiro atoms. The highest BCUT2D eigenvalue weighted by Crippen LogP contribution is 2.39. The molecule has 114 valence electrons. The van der Waals surface area contributed by atoms with Gasteiger partial charge in [0.1, 0.15) is 0 Å². The van der Waals surface area contributed by atoms with Crippen molar-refractivity contribution in [2.45, 2.75) is 40.0 Å². The van der Waals surface area contributed by atoms with Crippen molar-refractivity contribution in [1.29, 1.82) is 0 Å². The van der Waals surface area contributed by atoms with E-state index in [0.29, 0.717) is 18.8 Å². The fourth-order valence-corrected chi connectivity index (χ4v) is 3.15. The number of carbonyl (C=O) groups excluding carboxylic acids is 1. The number of nitrogens with one attached hydrogen (secondary N) is 1. The first-order valence-corrected chi connectivity index (χ1v) is 7.53. The molecule has 1 aliphatic carbocycles. The number of anilines is 1. The smallest absolute Gasteiger partial charge is 0.307 e. The van der Waals surface area contributed by atoms with Crippen LogP contribution in [0.1, 0.15) is 37.3 Å². The molecule has 0 saturated heterocycles. The van der Waals surface area contributed by atoms with E-state index in [1.54, 1.807) is 0 Å². The maximum absolute atomic E-state index is 12.5. The first kappa shape index (κ1) is 15.5. The molecule has 0 heterocycles. The van der Waals surface area contributed by atoms with Gasteiger partial charge >= 0.3 is 5.97 Å². The van der Waals surface area contributed by atoms with Crippen molar-refractivity contribution in [3.63, 3.8) is 0 Å². The Hall–Kier alpha value is -1.84. The molecular formula is C17H23NO3. The van der Waals surface area contributed by atoms with Crippen LogP contribution in [-0.4, -0.2) is 17.0 Å². The number of hydrogen-bond acceptors (Lipinski definition) is 2. The molecule has 2 rings (SSSR count). The highest BCUT2D eigenvalue weighted by molar-refractivity contribution is 5.96. The SMILES string of the molecule is CCC1CC(C(=O)O)C(C(=O)Nc2cccc(C)c2C)C1. The fraction of sp³-hybridized carbons (Fsp3) is 0.529. The van der Waals surface area contributed by atoms with Crippen molar-refractivity contribution in [2.75, 3.05) is 5.32 Å². The first-order valence-electron chi connectivity index (χ1n) is 7.53. The summed E-state index contributed by atoms with van der Waals surface area (Å²) in [4.78, 5) is 23.9. The van der Waals surface area contributed by atoms with E-state index in [9.17, 15) is 14.7 Å². The van der Waals surface area contributed by atoms with Crippen molar-refractivity contribution in [2.24, 2.45) is 17.8 Å². The lowest BCUT2D eigenvalue weighted by molar-refractivity contribution is -0.145. The number of aliphatic carboxylic acids is 1. The Balaban J connectivity index is 2.15. The van der Waals surface area contributed by atoms with E-state index in [2.05, 4.69) is 12.2 Å². The van der Waals surface area contributed by atoms with Crippen molar-refractivity contribution in [3.05, 3.63) is 29.3 Å². The molecule has 1 aromatic carbocycles. The Kier molecular flexibility index (Phi) is 4.66. The second-order valence-corrected chi connectivity index (χ2v) is 6.03. The minimum Gasteiger partial charge on any atom is -0.481 e. The minimum absolute atomic E-state index is 0.160. The second-order valence-electron chi connectivity index (χ2n) is 6.03. The summed E-state index contributed by atoms with van der Waals surface area (Å²) in [7, 11) is 0. The zero-order chi connectivity index (χ0) is 15.6. The number of carboxylic acid groups (broad SMARTS) is 1. The van der Waals surface area contributed by atoms with E-state index in [1.165, 1.54) is 0 Å². The molecule has 1 amide bonds. The third kappa shape index (κ3) is 3.26. The summed E-state index contributed by atoms with van der Waals surface area (Å²) in [6.07, 6.45) is 2.21. The third-order valence-corrected chi connectivity index (χ3v) is 4.75. The topological polar surface area (TPSA) is 66.4 Å². The number of amides is 1. The van der Waals surface area contributed by atoms with Gasteiger partial charge in [0.25, 0.3) is 0 Å². The highest BCUT2D eigenvalue weighted by Gasteiger charge is 2.42. The summed E-state index contributed by atoms with van der Waals surface area (Å²) >= 11 is 0. The molecule has 0 aliphatic heterocycles. The molecule has 4 nitrogen and oxygen atoms in total. The van der Waals surface area contributed by atoms with Crippen LogP contribution in [0.15, 0.2) is 18.2 Å². The van der Waals surface area contributed by atoms with Crippen LogP contribution in [0.2, 0.25) is 0 Å². The maximum Gasteiger partial charge on any atom is 0.307 e. The molecule has 0 aromatic heterocycles. The Bertz CT molecular complexity index is 553. The van der Waals surface area contributed by atoms with Crippen LogP contribution in [0.25, 0.3) is 0 Å². The monoisotopic (exact) mass is 289 g/mol. The van der Waals surface area contributed by atoms with Crippen LogP contribution in [0.3, 0.4) is 0 Å². The highest BCUT2D eigenvalue weighted by atomic mass is 16.4. The summed E-state index contributed by atoms with van der Waals surface area (Å²) in [5.41, 5.74) is 2.92. The molecule has 3 atom stereocenters. The Labute approximate surface area is 125 Å². The molecule has 0 bridgehead atoms. The lowest BCUT2D eigenvalue weighted by atomic mass is 9.95. The summed E-state index contributed by atoms with van der Waals surface area (Å²) in [5, 5.41) is 12.3. The molecule has 1 saturated carbocycles. The van der Waals surface area contributed by atoms with Crippen LogP contribution in [0.4, 0.5) is 5.69 Å². The van der Waals surface area contributed by atoms with Crippen LogP contribution in [0, 0.1) is 31.6 Å². The number of benzene rings is 1. The minimum atomic E-state index is -0.855. The van der Waals surface area contributed by atoms with Gasteiger partial charge in [-0.15, -0.1) is 0 Å². The molecule has 0 radical (unpaired) electrons. The molecule has 2 N–H and O–H groups in total. The van der Waals surface area contributed by atoms with E-state index in [1.807, 2.05) is 32.0 Å². The molecular weight excluding hydrogens is 266 g/mol. The quantitative estimate of drug-likeness (QED) is 0.893. The standard InChI is InChI=1S/C17H23NO3/c1-4-12-8-13(14(9-12)17(20)21)16(19)18-15-7-5-6-10(2)11(15)3/h5-7,12-14H,4,8-9H2,1-3H3,(H,18,19)(H,20,21). The van der Waals surface area contributed by atoms with Crippen LogP contribution < -0.4 is 5.32 Å². The largest absolute Gasteiger partial charge is 0.481 e. The number of carbonyl (C=O) groups is 2. The van der Waals surface area contributed by atoms with E-state index in [0.717, 1.165) is 23.2 Å². The molecule has 3 unspecified atom stereocenters. The Morgan fingerprint density at radius 3 is 2.52 bits per heavy atom. The molecule has 1 aromatic rings. The fourth-order valence-electron chi connectivity index (χ4n) is 3.15. The van der Waals surface area contributed by atoms with Crippen molar-refractivity contribution < 1.29 is 14.7 Å². The van der Waals surface area contributed by atoms with E-state index in [4.69, 9.17) is 0 Å². The van der Waals surface area contributed by atoms with Gasteiger partial charge in [-0.2, -0.15) is 0 Å². The van der Waals surface area contributed by atoms with Gasteiger partial charge in [0.05, 0.1) is 11.8 Å². The van der Waals surface area contributed by atoms with Gasteiger partial charge in [0, 0.05) is 5.69 Å². The number of aryl methyl sites for hydroxylation is 1. The zero-order valence-electron chi connectivity index (χ0n) is 12.8. The number of rotatable bonds is 4. The van der Waals surface area contributed by atoms with Crippen molar-refractivity contribution in [3.8, 4) is 0 Å². The van der Waals surface area contributed by atoms with E-state index >= 15 is 0 Å². The predicted molar refractivity (Wildman–Crippen MR) is 82.2 cm³/mol. The predicted octanol–water partition coefficient (Wildman–Crippen LogP) is 3.38. The summed E-state index contributed by atoms with van der Waals surface area (Å²) in [6.45, 7) is 6.01. The summed E-state index contributed by atoms with van der Waals surface area (Å²) < 4.78 is 0. The van der Waals surface area contributed by atoms with E-state index in [-0.39, 0.29) is 5.91 Å². The second kappa shape index (κ2) is 6.29. The average Bonchev–Trinajstić information content (AvgIpc) is 2.88. The van der Waals surface area contributed by atoms with Gasteiger partial charge in [0.2, 0.25) is 5.91 Å². The Morgan fingerprint density at radius 1 is 1.24 bits per heavy atom. The van der Waals surface area contributed by atoms with Crippen LogP contribution in [0.5, 0.6) is 0 Å². The van der Waals surface area contributed by atoms with Crippen LogP contribution in [-0.2, 0) is 9.59 Å². The summed E-state index contributed by atoms with van der Waals surface area (Å²) in [5.74, 6) is -1.66. The lowest BCUT2D eigenvalue weighted by Gasteiger charge is -2.17. The first-order chi connectivity index (χ1) is 9.93. The van der Waals surface area contributed by atoms with Gasteiger partial charge < -0.3 is 10.4 Å². The number of carboxylic acids is 1. The third-order valence-electron chi connectivity index (χ3n) is 4.75. The Morgan fingerprint density at radius 2 is 1.90 bits per heavy atom. The van der Waals surface area contributed by atoms with Gasteiger partial charge in [0.15, 0.2) is 0 Å². The van der Waals surface area contributed by atoms with Gasteiger partial charge in [-0.25, -0.2) is 0 Å². The number of hydrogen-bond donors (Lipinski definition) is 2. The van der Waals surface area contributed by atoms with E-state index < -0.39 is 17.8 Å². The van der Waals surface area contributed by atoms with Gasteiger partial charge in [-0.05, 0) is 49.8 Å². The van der Waals surface area contributed by atoms with Gasteiger partial charge in [-0.1, -0.05) is 25.5 Å². The average molecular weight is 289 g/mol. The summed E-state index contributed by atoms with van der Waals surface area (Å²) in [6, 6.07) is 5.76.